The normalized spacial score (nSPS) is 25.3. The Balaban J connectivity index is 2.21. The first-order valence-corrected chi connectivity index (χ1v) is 8.45. The zero-order chi connectivity index (χ0) is 13.2. The van der Waals surface area contributed by atoms with Crippen LogP contribution in [0.25, 0.3) is 0 Å². The van der Waals surface area contributed by atoms with Crippen LogP contribution in [0.2, 0.25) is 0 Å². The summed E-state index contributed by atoms with van der Waals surface area (Å²) in [6, 6.07) is 0. The number of halogens is 3. The third-order valence-electron chi connectivity index (χ3n) is 4.91. The molecule has 0 aromatic heterocycles. The first-order chi connectivity index (χ1) is 8.46. The lowest BCUT2D eigenvalue weighted by Gasteiger charge is -2.49. The van der Waals surface area contributed by atoms with Crippen molar-refractivity contribution < 1.29 is 0 Å². The summed E-state index contributed by atoms with van der Waals surface area (Å²) in [4.78, 5) is -0.642. The minimum atomic E-state index is -1.32. The molecule has 0 atom stereocenters. The number of hydrogen-bond donors (Lipinski definition) is 1. The minimum absolute atomic E-state index is 0.371. The molecule has 18 heavy (non-hydrogen) atoms. The van der Waals surface area contributed by atoms with Gasteiger partial charge in [0, 0.05) is 0 Å². The van der Waals surface area contributed by atoms with Crippen LogP contribution in [0.15, 0.2) is 0 Å². The summed E-state index contributed by atoms with van der Waals surface area (Å²) in [5.41, 5.74) is 6.07. The van der Waals surface area contributed by atoms with Crippen molar-refractivity contribution >= 4 is 34.8 Å². The van der Waals surface area contributed by atoms with Gasteiger partial charge in [-0.3, -0.25) is 5.73 Å². The molecule has 0 heterocycles. The molecular formula is C14H24Cl3N. The van der Waals surface area contributed by atoms with E-state index >= 15 is 0 Å². The number of rotatable bonds is 3. The molecule has 4 heteroatoms. The van der Waals surface area contributed by atoms with Crippen LogP contribution in [0.4, 0.5) is 0 Å². The van der Waals surface area contributed by atoms with E-state index in [4.69, 9.17) is 40.5 Å². The smallest absolute Gasteiger partial charge is 0.186 e. The van der Waals surface area contributed by atoms with Gasteiger partial charge in [-0.25, -0.2) is 0 Å². The van der Waals surface area contributed by atoms with E-state index in [9.17, 15) is 0 Å². The fourth-order valence-electron chi connectivity index (χ4n) is 3.92. The second-order valence-electron chi connectivity index (χ2n) is 6.06. The summed E-state index contributed by atoms with van der Waals surface area (Å²) in [6.45, 7) is 0. The van der Waals surface area contributed by atoms with Gasteiger partial charge >= 0.3 is 0 Å². The third kappa shape index (κ3) is 2.95. The summed E-state index contributed by atoms with van der Waals surface area (Å²) >= 11 is 19.6. The van der Waals surface area contributed by atoms with E-state index in [1.807, 2.05) is 0 Å². The van der Waals surface area contributed by atoms with Crippen LogP contribution in [0.3, 0.4) is 0 Å². The van der Waals surface area contributed by atoms with Gasteiger partial charge in [0.25, 0.3) is 0 Å². The molecule has 0 aliphatic heterocycles. The Kier molecular flexibility index (Phi) is 5.14. The van der Waals surface area contributed by atoms with Crippen LogP contribution < -0.4 is 5.73 Å². The van der Waals surface area contributed by atoms with Gasteiger partial charge in [0.15, 0.2) is 4.46 Å². The Morgan fingerprint density at radius 1 is 0.667 bits per heavy atom. The van der Waals surface area contributed by atoms with Crippen LogP contribution in [0, 0.1) is 11.8 Å². The maximum atomic E-state index is 6.98. The Morgan fingerprint density at radius 3 is 1.28 bits per heavy atom. The maximum Gasteiger partial charge on any atom is 0.186 e. The lowest BCUT2D eigenvalue weighted by atomic mass is 9.68. The van der Waals surface area contributed by atoms with Crippen molar-refractivity contribution in [3.63, 3.8) is 0 Å². The van der Waals surface area contributed by atoms with Crippen molar-refractivity contribution in [3.8, 4) is 0 Å². The molecule has 0 aromatic carbocycles. The lowest BCUT2D eigenvalue weighted by Crippen LogP contribution is -2.58. The first-order valence-electron chi connectivity index (χ1n) is 7.32. The molecule has 0 saturated heterocycles. The zero-order valence-electron chi connectivity index (χ0n) is 10.9. The minimum Gasteiger partial charge on any atom is -0.299 e. The summed E-state index contributed by atoms with van der Waals surface area (Å²) < 4.78 is -1.32. The molecule has 2 fully saturated rings. The van der Waals surface area contributed by atoms with E-state index in [-0.39, 0.29) is 0 Å². The van der Waals surface area contributed by atoms with E-state index in [0.717, 1.165) is 25.7 Å². The van der Waals surface area contributed by atoms with E-state index in [1.165, 1.54) is 38.5 Å². The van der Waals surface area contributed by atoms with Gasteiger partial charge in [-0.05, 0) is 37.5 Å². The molecule has 106 valence electrons. The fourth-order valence-corrected chi connectivity index (χ4v) is 4.98. The van der Waals surface area contributed by atoms with Gasteiger partial charge in [-0.1, -0.05) is 61.7 Å². The highest BCUT2D eigenvalue weighted by atomic mass is 35.5. The monoisotopic (exact) mass is 311 g/mol. The summed E-state index contributed by atoms with van der Waals surface area (Å²) in [6.07, 6.45) is 12.0. The molecule has 2 aliphatic rings. The van der Waals surface area contributed by atoms with Crippen LogP contribution in [-0.2, 0) is 0 Å². The van der Waals surface area contributed by atoms with Crippen molar-refractivity contribution in [2.45, 2.75) is 73.5 Å². The Hall–Kier alpha value is 0.830. The molecule has 0 radical (unpaired) electrons. The van der Waals surface area contributed by atoms with Crippen molar-refractivity contribution in [2.75, 3.05) is 0 Å². The summed E-state index contributed by atoms with van der Waals surface area (Å²) in [5.74, 6) is 0.743. The second-order valence-corrected chi connectivity index (χ2v) is 8.07. The molecule has 0 spiro atoms. The summed E-state index contributed by atoms with van der Waals surface area (Å²) in [7, 11) is 0. The van der Waals surface area contributed by atoms with Crippen LogP contribution >= 0.6 is 34.8 Å². The fraction of sp³-hybridized carbons (Fsp3) is 1.00. The SMILES string of the molecule is NC(Cl)(Cl)C(Cl)(C1CCCCC1)C1CCCCC1. The van der Waals surface area contributed by atoms with Crippen LogP contribution in [0.5, 0.6) is 0 Å². The first kappa shape index (κ1) is 15.2. The zero-order valence-corrected chi connectivity index (χ0v) is 13.2. The molecular weight excluding hydrogens is 289 g/mol. The molecule has 2 rings (SSSR count). The maximum absolute atomic E-state index is 6.98. The van der Waals surface area contributed by atoms with Gasteiger partial charge in [0.2, 0.25) is 0 Å². The second kappa shape index (κ2) is 6.08. The van der Waals surface area contributed by atoms with E-state index in [0.29, 0.717) is 11.8 Å². The van der Waals surface area contributed by atoms with Gasteiger partial charge in [-0.15, -0.1) is 11.6 Å². The highest BCUT2D eigenvalue weighted by molar-refractivity contribution is 6.53. The van der Waals surface area contributed by atoms with Gasteiger partial charge in [-0.2, -0.15) is 0 Å². The van der Waals surface area contributed by atoms with Gasteiger partial charge in [0.05, 0.1) is 4.87 Å². The quantitative estimate of drug-likeness (QED) is 0.561. The van der Waals surface area contributed by atoms with Crippen LogP contribution in [-0.4, -0.2) is 9.33 Å². The average Bonchev–Trinajstić information content (AvgIpc) is 2.38. The van der Waals surface area contributed by atoms with E-state index in [2.05, 4.69) is 0 Å². The molecule has 0 unspecified atom stereocenters. The Bertz CT molecular complexity index is 245. The molecule has 0 amide bonds. The standard InChI is InChI=1S/C14H24Cl3N/c15-13(14(16,17)18,11-7-3-1-4-8-11)12-9-5-2-6-10-12/h11-12H,1-10,18H2. The van der Waals surface area contributed by atoms with Crippen molar-refractivity contribution in [2.24, 2.45) is 17.6 Å². The topological polar surface area (TPSA) is 26.0 Å². The predicted molar refractivity (Wildman–Crippen MR) is 80.4 cm³/mol. The molecule has 2 saturated carbocycles. The van der Waals surface area contributed by atoms with Gasteiger partial charge < -0.3 is 0 Å². The van der Waals surface area contributed by atoms with Crippen molar-refractivity contribution in [3.05, 3.63) is 0 Å². The largest absolute Gasteiger partial charge is 0.299 e. The van der Waals surface area contributed by atoms with E-state index in [1.54, 1.807) is 0 Å². The molecule has 1 nitrogen and oxygen atoms in total. The van der Waals surface area contributed by atoms with Crippen LogP contribution in [0.1, 0.15) is 64.2 Å². The lowest BCUT2D eigenvalue weighted by molar-refractivity contribution is 0.154. The molecule has 0 aromatic rings. The molecule has 2 N–H and O–H groups in total. The number of hydrogen-bond acceptors (Lipinski definition) is 1. The molecule has 2 aliphatic carbocycles. The average molecular weight is 313 g/mol. The highest BCUT2D eigenvalue weighted by Gasteiger charge is 2.55. The van der Waals surface area contributed by atoms with Crippen molar-refractivity contribution in [1.82, 2.24) is 0 Å². The van der Waals surface area contributed by atoms with E-state index < -0.39 is 9.33 Å². The van der Waals surface area contributed by atoms with Gasteiger partial charge in [0.1, 0.15) is 0 Å². The Labute approximate surface area is 126 Å². The molecule has 0 bridgehead atoms. The third-order valence-corrected chi connectivity index (χ3v) is 6.64. The number of nitrogens with two attached hydrogens (primary N) is 1. The predicted octanol–water partition coefficient (Wildman–Crippen LogP) is 5.21. The number of alkyl halides is 3. The summed E-state index contributed by atoms with van der Waals surface area (Å²) in [5, 5.41) is 0. The van der Waals surface area contributed by atoms with Crippen molar-refractivity contribution in [1.29, 1.82) is 0 Å². The Morgan fingerprint density at radius 2 is 1.00 bits per heavy atom. The highest BCUT2D eigenvalue weighted by Crippen LogP contribution is 2.54.